The molecule has 13 heavy (non-hydrogen) atoms. The van der Waals surface area contributed by atoms with E-state index in [4.69, 9.17) is 0 Å². The predicted molar refractivity (Wildman–Crippen MR) is 56.8 cm³/mol. The lowest BCUT2D eigenvalue weighted by atomic mass is 10.3. The van der Waals surface area contributed by atoms with Gasteiger partial charge in [-0.2, -0.15) is 0 Å². The van der Waals surface area contributed by atoms with E-state index in [1.807, 2.05) is 6.92 Å². The zero-order valence-electron chi connectivity index (χ0n) is 7.82. The SMILES string of the molecule is COC(=O)CCSSC[C@H](C)C=O. The zero-order valence-corrected chi connectivity index (χ0v) is 9.45. The van der Waals surface area contributed by atoms with Crippen molar-refractivity contribution < 1.29 is 14.3 Å². The maximum atomic E-state index is 10.7. The lowest BCUT2D eigenvalue weighted by Crippen LogP contribution is -2.01. The van der Waals surface area contributed by atoms with Crippen molar-refractivity contribution in [2.75, 3.05) is 18.6 Å². The minimum Gasteiger partial charge on any atom is -0.469 e. The Balaban J connectivity index is 3.17. The maximum Gasteiger partial charge on any atom is 0.306 e. The smallest absolute Gasteiger partial charge is 0.306 e. The van der Waals surface area contributed by atoms with E-state index in [1.54, 1.807) is 21.6 Å². The van der Waals surface area contributed by atoms with Gasteiger partial charge in [-0.05, 0) is 0 Å². The summed E-state index contributed by atoms with van der Waals surface area (Å²) in [5.74, 6) is 1.45. The van der Waals surface area contributed by atoms with Crippen LogP contribution in [-0.4, -0.2) is 30.9 Å². The Kier molecular flexibility index (Phi) is 8.33. The summed E-state index contributed by atoms with van der Waals surface area (Å²) < 4.78 is 4.48. The molecule has 0 saturated carbocycles. The van der Waals surface area contributed by atoms with Crippen LogP contribution in [0.5, 0.6) is 0 Å². The van der Waals surface area contributed by atoms with E-state index in [0.717, 1.165) is 17.8 Å². The zero-order chi connectivity index (χ0) is 10.1. The fraction of sp³-hybridized carbons (Fsp3) is 0.750. The third-order valence-corrected chi connectivity index (χ3v) is 3.87. The molecule has 3 nitrogen and oxygen atoms in total. The Hall–Kier alpha value is -0.160. The molecule has 0 rings (SSSR count). The van der Waals surface area contributed by atoms with Crippen LogP contribution in [0.4, 0.5) is 0 Å². The summed E-state index contributed by atoms with van der Waals surface area (Å²) in [5, 5.41) is 0. The van der Waals surface area contributed by atoms with Gasteiger partial charge in [0.25, 0.3) is 0 Å². The molecule has 0 bridgehead atoms. The highest BCUT2D eigenvalue weighted by Crippen LogP contribution is 2.23. The van der Waals surface area contributed by atoms with Crippen molar-refractivity contribution >= 4 is 33.8 Å². The number of carbonyl (C=O) groups excluding carboxylic acids is 2. The topological polar surface area (TPSA) is 43.4 Å². The Morgan fingerprint density at radius 1 is 1.54 bits per heavy atom. The molecule has 76 valence electrons. The molecule has 0 aromatic heterocycles. The molecule has 0 heterocycles. The van der Waals surface area contributed by atoms with Gasteiger partial charge in [-0.3, -0.25) is 4.79 Å². The first kappa shape index (κ1) is 12.8. The van der Waals surface area contributed by atoms with Gasteiger partial charge in [-0.15, -0.1) is 0 Å². The highest BCUT2D eigenvalue weighted by atomic mass is 33.1. The fourth-order valence-corrected chi connectivity index (χ4v) is 2.77. The second kappa shape index (κ2) is 8.44. The van der Waals surface area contributed by atoms with Gasteiger partial charge >= 0.3 is 5.97 Å². The van der Waals surface area contributed by atoms with Crippen molar-refractivity contribution in [1.82, 2.24) is 0 Å². The minimum absolute atomic E-state index is 0.0932. The number of hydrogen-bond donors (Lipinski definition) is 0. The molecule has 0 aromatic rings. The second-order valence-corrected chi connectivity index (χ2v) is 5.17. The average Bonchev–Trinajstić information content (AvgIpc) is 2.16. The van der Waals surface area contributed by atoms with Crippen LogP contribution in [-0.2, 0) is 14.3 Å². The molecule has 0 unspecified atom stereocenters. The number of rotatable bonds is 7. The van der Waals surface area contributed by atoms with E-state index < -0.39 is 0 Å². The van der Waals surface area contributed by atoms with Gasteiger partial charge in [-0.1, -0.05) is 28.5 Å². The molecule has 0 aliphatic heterocycles. The Bertz CT molecular complexity index is 161. The minimum atomic E-state index is -0.184. The Labute approximate surface area is 86.4 Å². The lowest BCUT2D eigenvalue weighted by molar-refractivity contribution is -0.140. The molecule has 0 aliphatic rings. The van der Waals surface area contributed by atoms with Crippen molar-refractivity contribution in [3.63, 3.8) is 0 Å². The molecule has 0 radical (unpaired) electrons. The molecule has 0 spiro atoms. The van der Waals surface area contributed by atoms with Crippen molar-refractivity contribution in [3.05, 3.63) is 0 Å². The molecule has 5 heteroatoms. The van der Waals surface area contributed by atoms with Gasteiger partial charge < -0.3 is 9.53 Å². The van der Waals surface area contributed by atoms with Crippen molar-refractivity contribution in [1.29, 1.82) is 0 Å². The molecule has 0 amide bonds. The quantitative estimate of drug-likeness (QED) is 0.284. The predicted octanol–water partition coefficient (Wildman–Crippen LogP) is 1.77. The summed E-state index contributed by atoms with van der Waals surface area (Å²) in [4.78, 5) is 20.9. The third-order valence-electron chi connectivity index (χ3n) is 1.26. The van der Waals surface area contributed by atoms with Crippen LogP contribution in [0, 0.1) is 5.92 Å². The van der Waals surface area contributed by atoms with Crippen molar-refractivity contribution in [2.24, 2.45) is 5.92 Å². The third kappa shape index (κ3) is 8.18. The van der Waals surface area contributed by atoms with Crippen LogP contribution < -0.4 is 0 Å². The molecular weight excluding hydrogens is 208 g/mol. The van der Waals surface area contributed by atoms with Gasteiger partial charge in [0.1, 0.15) is 6.29 Å². The molecule has 0 aliphatic carbocycles. The van der Waals surface area contributed by atoms with Crippen LogP contribution in [0.1, 0.15) is 13.3 Å². The first-order chi connectivity index (χ1) is 6.20. The molecular formula is C8H14O3S2. The first-order valence-electron chi connectivity index (χ1n) is 3.97. The molecule has 0 fully saturated rings. The normalized spacial score (nSPS) is 12.2. The number of aldehydes is 1. The van der Waals surface area contributed by atoms with Gasteiger partial charge in [-0.25, -0.2) is 0 Å². The maximum absolute atomic E-state index is 10.7. The van der Waals surface area contributed by atoms with E-state index in [0.29, 0.717) is 6.42 Å². The monoisotopic (exact) mass is 222 g/mol. The number of hydrogen-bond acceptors (Lipinski definition) is 5. The van der Waals surface area contributed by atoms with Crippen LogP contribution in [0.25, 0.3) is 0 Å². The van der Waals surface area contributed by atoms with E-state index in [1.165, 1.54) is 7.11 Å². The summed E-state index contributed by atoms with van der Waals surface area (Å²) in [6.07, 6.45) is 1.37. The summed E-state index contributed by atoms with van der Waals surface area (Å²) >= 11 is 0. The molecule has 1 atom stereocenters. The average molecular weight is 222 g/mol. The van der Waals surface area contributed by atoms with E-state index in [9.17, 15) is 9.59 Å². The van der Waals surface area contributed by atoms with E-state index in [2.05, 4.69) is 4.74 Å². The van der Waals surface area contributed by atoms with Gasteiger partial charge in [0.2, 0.25) is 0 Å². The number of methoxy groups -OCH3 is 1. The highest BCUT2D eigenvalue weighted by molar-refractivity contribution is 8.76. The summed E-state index contributed by atoms with van der Waals surface area (Å²) in [6.45, 7) is 1.88. The van der Waals surface area contributed by atoms with Crippen LogP contribution in [0.15, 0.2) is 0 Å². The largest absolute Gasteiger partial charge is 0.469 e. The van der Waals surface area contributed by atoms with E-state index >= 15 is 0 Å². The van der Waals surface area contributed by atoms with Gasteiger partial charge in [0, 0.05) is 17.4 Å². The molecule has 0 N–H and O–H groups in total. The van der Waals surface area contributed by atoms with Crippen molar-refractivity contribution in [2.45, 2.75) is 13.3 Å². The van der Waals surface area contributed by atoms with E-state index in [-0.39, 0.29) is 11.9 Å². The Morgan fingerprint density at radius 2 is 2.23 bits per heavy atom. The van der Waals surface area contributed by atoms with Crippen LogP contribution >= 0.6 is 21.6 Å². The highest BCUT2D eigenvalue weighted by Gasteiger charge is 2.02. The van der Waals surface area contributed by atoms with Gasteiger partial charge in [0.05, 0.1) is 13.5 Å². The summed E-state index contributed by atoms with van der Waals surface area (Å²) in [5.41, 5.74) is 0. The fourth-order valence-electron chi connectivity index (χ4n) is 0.481. The molecule has 0 aromatic carbocycles. The number of ether oxygens (including phenoxy) is 1. The standard InChI is InChI=1S/C8H14O3S2/c1-7(5-9)6-13-12-4-3-8(10)11-2/h5,7H,3-4,6H2,1-2H3/t7-/m1/s1. The first-order valence-corrected chi connectivity index (χ1v) is 6.46. The summed E-state index contributed by atoms with van der Waals surface area (Å²) in [7, 11) is 4.60. The Morgan fingerprint density at radius 3 is 2.77 bits per heavy atom. The lowest BCUT2D eigenvalue weighted by Gasteiger charge is -2.01. The van der Waals surface area contributed by atoms with Gasteiger partial charge in [0.15, 0.2) is 0 Å². The number of carbonyl (C=O) groups is 2. The second-order valence-electron chi connectivity index (χ2n) is 2.55. The number of esters is 1. The van der Waals surface area contributed by atoms with Crippen LogP contribution in [0.2, 0.25) is 0 Å². The molecule has 0 saturated heterocycles. The van der Waals surface area contributed by atoms with Crippen LogP contribution in [0.3, 0.4) is 0 Å². The van der Waals surface area contributed by atoms with Crippen molar-refractivity contribution in [3.8, 4) is 0 Å². The summed E-state index contributed by atoms with van der Waals surface area (Å²) in [6, 6.07) is 0.